The molecule has 1 aromatic carbocycles. The van der Waals surface area contributed by atoms with Gasteiger partial charge in [-0.15, -0.1) is 0 Å². The highest BCUT2D eigenvalue weighted by Gasteiger charge is 2.23. The van der Waals surface area contributed by atoms with Crippen molar-refractivity contribution in [3.8, 4) is 0 Å². The molecule has 1 unspecified atom stereocenters. The van der Waals surface area contributed by atoms with Crippen LogP contribution in [0.1, 0.15) is 44.1 Å². The van der Waals surface area contributed by atoms with Crippen molar-refractivity contribution in [2.45, 2.75) is 38.5 Å². The van der Waals surface area contributed by atoms with Crippen LogP contribution in [0.3, 0.4) is 0 Å². The summed E-state index contributed by atoms with van der Waals surface area (Å²) in [4.78, 5) is 2.66. The standard InChI is InChI=1S/C17H26N2/c1-2-19(13-14-6-5-7-14)11-10-15-12-18-17-9-4-3-8-16(15)17/h3-4,8-9,14-15,18H,2,5-7,10-13H2,1H3. The Morgan fingerprint density at radius 3 is 2.84 bits per heavy atom. The molecule has 19 heavy (non-hydrogen) atoms. The van der Waals surface area contributed by atoms with Crippen LogP contribution in [0, 0.1) is 5.92 Å². The maximum atomic E-state index is 3.54. The fourth-order valence-corrected chi connectivity index (χ4v) is 3.37. The van der Waals surface area contributed by atoms with Gasteiger partial charge in [0.15, 0.2) is 0 Å². The van der Waals surface area contributed by atoms with Crippen LogP contribution in [0.2, 0.25) is 0 Å². The second-order valence-corrected chi connectivity index (χ2v) is 6.14. The van der Waals surface area contributed by atoms with Crippen molar-refractivity contribution in [1.29, 1.82) is 0 Å². The van der Waals surface area contributed by atoms with E-state index < -0.39 is 0 Å². The van der Waals surface area contributed by atoms with E-state index in [1.165, 1.54) is 56.6 Å². The van der Waals surface area contributed by atoms with E-state index in [1.807, 2.05) is 0 Å². The second-order valence-electron chi connectivity index (χ2n) is 6.14. The van der Waals surface area contributed by atoms with Gasteiger partial charge in [-0.05, 0) is 49.9 Å². The number of para-hydroxylation sites is 1. The smallest absolute Gasteiger partial charge is 0.0376 e. The summed E-state index contributed by atoms with van der Waals surface area (Å²) in [5.74, 6) is 1.71. The Kier molecular flexibility index (Phi) is 4.07. The van der Waals surface area contributed by atoms with Gasteiger partial charge in [-0.25, -0.2) is 0 Å². The molecule has 1 aliphatic carbocycles. The summed E-state index contributed by atoms with van der Waals surface area (Å²) in [7, 11) is 0. The lowest BCUT2D eigenvalue weighted by Crippen LogP contribution is -2.33. The van der Waals surface area contributed by atoms with Gasteiger partial charge in [0.2, 0.25) is 0 Å². The molecule has 0 spiro atoms. The van der Waals surface area contributed by atoms with Crippen molar-refractivity contribution in [3.63, 3.8) is 0 Å². The van der Waals surface area contributed by atoms with E-state index in [0.717, 1.165) is 12.5 Å². The highest BCUT2D eigenvalue weighted by molar-refractivity contribution is 5.57. The molecule has 1 fully saturated rings. The van der Waals surface area contributed by atoms with Crippen molar-refractivity contribution >= 4 is 5.69 Å². The number of benzene rings is 1. The average molecular weight is 258 g/mol. The topological polar surface area (TPSA) is 15.3 Å². The Hall–Kier alpha value is -1.02. The summed E-state index contributed by atoms with van der Waals surface area (Å²) in [5.41, 5.74) is 2.89. The van der Waals surface area contributed by atoms with Gasteiger partial charge in [0.25, 0.3) is 0 Å². The summed E-state index contributed by atoms with van der Waals surface area (Å²) >= 11 is 0. The van der Waals surface area contributed by atoms with Gasteiger partial charge in [-0.2, -0.15) is 0 Å². The number of nitrogens with one attached hydrogen (secondary N) is 1. The Labute approximate surface area is 117 Å². The zero-order chi connectivity index (χ0) is 13.1. The number of anilines is 1. The molecule has 1 N–H and O–H groups in total. The predicted octanol–water partition coefficient (Wildman–Crippen LogP) is 3.71. The third kappa shape index (κ3) is 2.94. The van der Waals surface area contributed by atoms with Crippen molar-refractivity contribution in [1.82, 2.24) is 4.90 Å². The van der Waals surface area contributed by atoms with E-state index in [-0.39, 0.29) is 0 Å². The van der Waals surface area contributed by atoms with Gasteiger partial charge in [-0.1, -0.05) is 31.5 Å². The molecule has 2 aliphatic rings. The minimum absolute atomic E-state index is 0.714. The second kappa shape index (κ2) is 5.96. The molecule has 0 radical (unpaired) electrons. The van der Waals surface area contributed by atoms with Gasteiger partial charge >= 0.3 is 0 Å². The lowest BCUT2D eigenvalue weighted by atomic mass is 9.85. The molecule has 1 saturated carbocycles. The van der Waals surface area contributed by atoms with Gasteiger partial charge in [-0.3, -0.25) is 0 Å². The summed E-state index contributed by atoms with van der Waals surface area (Å²) in [6.07, 6.45) is 5.68. The van der Waals surface area contributed by atoms with E-state index in [2.05, 4.69) is 41.4 Å². The predicted molar refractivity (Wildman–Crippen MR) is 81.7 cm³/mol. The highest BCUT2D eigenvalue weighted by Crippen LogP contribution is 2.33. The third-order valence-corrected chi connectivity index (χ3v) is 4.92. The third-order valence-electron chi connectivity index (χ3n) is 4.92. The molecule has 0 saturated heterocycles. The van der Waals surface area contributed by atoms with Crippen LogP contribution in [0.5, 0.6) is 0 Å². The van der Waals surface area contributed by atoms with Gasteiger partial charge < -0.3 is 10.2 Å². The van der Waals surface area contributed by atoms with Crippen LogP contribution in [-0.4, -0.2) is 31.1 Å². The molecular weight excluding hydrogens is 232 g/mol. The van der Waals surface area contributed by atoms with Crippen LogP contribution < -0.4 is 5.32 Å². The Balaban J connectivity index is 1.51. The van der Waals surface area contributed by atoms with Crippen LogP contribution in [-0.2, 0) is 0 Å². The number of nitrogens with zero attached hydrogens (tertiary/aromatic N) is 1. The molecule has 3 rings (SSSR count). The summed E-state index contributed by atoms with van der Waals surface area (Å²) < 4.78 is 0. The molecule has 1 aromatic rings. The van der Waals surface area contributed by atoms with Gasteiger partial charge in [0, 0.05) is 24.7 Å². The van der Waals surface area contributed by atoms with E-state index in [9.17, 15) is 0 Å². The van der Waals surface area contributed by atoms with Crippen molar-refractivity contribution in [2.75, 3.05) is 31.5 Å². The van der Waals surface area contributed by atoms with Crippen LogP contribution in [0.15, 0.2) is 24.3 Å². The Morgan fingerprint density at radius 2 is 2.11 bits per heavy atom. The summed E-state index contributed by atoms with van der Waals surface area (Å²) in [6, 6.07) is 8.80. The molecule has 2 heteroatoms. The number of fused-ring (bicyclic) bond motifs is 1. The lowest BCUT2D eigenvalue weighted by molar-refractivity contribution is 0.180. The van der Waals surface area contributed by atoms with Gasteiger partial charge in [0.05, 0.1) is 0 Å². The Bertz CT molecular complexity index is 411. The molecule has 2 nitrogen and oxygen atoms in total. The normalized spacial score (nSPS) is 22.1. The largest absolute Gasteiger partial charge is 0.384 e. The number of hydrogen-bond acceptors (Lipinski definition) is 2. The first-order valence-corrected chi connectivity index (χ1v) is 7.92. The van der Waals surface area contributed by atoms with Crippen LogP contribution >= 0.6 is 0 Å². The zero-order valence-electron chi connectivity index (χ0n) is 12.1. The molecule has 1 heterocycles. The number of hydrogen-bond donors (Lipinski definition) is 1. The van der Waals surface area contributed by atoms with E-state index >= 15 is 0 Å². The maximum absolute atomic E-state index is 3.54. The lowest BCUT2D eigenvalue weighted by Gasteiger charge is -2.32. The first-order chi connectivity index (χ1) is 9.36. The van der Waals surface area contributed by atoms with Crippen LogP contribution in [0.25, 0.3) is 0 Å². The monoisotopic (exact) mass is 258 g/mol. The summed E-state index contributed by atoms with van der Waals surface area (Å²) in [5, 5.41) is 3.54. The number of rotatable bonds is 6. The van der Waals surface area contributed by atoms with E-state index in [4.69, 9.17) is 0 Å². The molecule has 104 valence electrons. The first-order valence-electron chi connectivity index (χ1n) is 7.92. The zero-order valence-corrected chi connectivity index (χ0v) is 12.1. The quantitative estimate of drug-likeness (QED) is 0.837. The van der Waals surface area contributed by atoms with E-state index in [1.54, 1.807) is 0 Å². The van der Waals surface area contributed by atoms with Crippen molar-refractivity contribution in [3.05, 3.63) is 29.8 Å². The highest BCUT2D eigenvalue weighted by atomic mass is 15.1. The molecule has 0 bridgehead atoms. The summed E-state index contributed by atoms with van der Waals surface area (Å²) in [6.45, 7) is 7.23. The van der Waals surface area contributed by atoms with Crippen molar-refractivity contribution in [2.24, 2.45) is 5.92 Å². The molecule has 0 amide bonds. The SMILES string of the molecule is CCN(CCC1CNc2ccccc21)CC1CCC1. The maximum Gasteiger partial charge on any atom is 0.0376 e. The Morgan fingerprint density at radius 1 is 1.26 bits per heavy atom. The average Bonchev–Trinajstić information content (AvgIpc) is 2.80. The van der Waals surface area contributed by atoms with Gasteiger partial charge in [0.1, 0.15) is 0 Å². The minimum atomic E-state index is 0.714. The molecule has 0 aromatic heterocycles. The van der Waals surface area contributed by atoms with Crippen molar-refractivity contribution < 1.29 is 0 Å². The molecule has 1 atom stereocenters. The van der Waals surface area contributed by atoms with E-state index in [0.29, 0.717) is 5.92 Å². The molecular formula is C17H26N2. The fourth-order valence-electron chi connectivity index (χ4n) is 3.37. The van der Waals surface area contributed by atoms with Crippen LogP contribution in [0.4, 0.5) is 5.69 Å². The fraction of sp³-hybridized carbons (Fsp3) is 0.647. The molecule has 1 aliphatic heterocycles. The first kappa shape index (κ1) is 13.0. The minimum Gasteiger partial charge on any atom is -0.384 e.